The summed E-state index contributed by atoms with van der Waals surface area (Å²) in [5.41, 5.74) is 11.4. The summed E-state index contributed by atoms with van der Waals surface area (Å²) in [6, 6.07) is 44.3. The van der Waals surface area contributed by atoms with Gasteiger partial charge in [0.2, 0.25) is 0 Å². The number of hydrogen-bond acceptors (Lipinski definition) is 4. The minimum atomic E-state index is -0.00170. The number of rotatable bonds is 4. The van der Waals surface area contributed by atoms with Crippen molar-refractivity contribution in [3.63, 3.8) is 0 Å². The maximum absolute atomic E-state index is 9.65. The molecule has 6 aromatic rings. The van der Waals surface area contributed by atoms with Gasteiger partial charge in [-0.15, -0.1) is 0 Å². The number of nitriles is 1. The Morgan fingerprint density at radius 1 is 0.477 bits per heavy atom. The van der Waals surface area contributed by atoms with E-state index in [1.165, 1.54) is 47.1 Å². The van der Waals surface area contributed by atoms with E-state index in [4.69, 9.17) is 15.0 Å². The molecule has 0 saturated heterocycles. The molecule has 0 amide bonds. The summed E-state index contributed by atoms with van der Waals surface area (Å²) in [6.07, 6.45) is 5.99. The Kier molecular flexibility index (Phi) is 6.38. The second-order valence-electron chi connectivity index (χ2n) is 11.9. The van der Waals surface area contributed by atoms with E-state index in [2.05, 4.69) is 60.7 Å². The van der Waals surface area contributed by atoms with Gasteiger partial charge in [0.15, 0.2) is 17.5 Å². The van der Waals surface area contributed by atoms with Crippen molar-refractivity contribution in [1.29, 1.82) is 5.26 Å². The number of aromatic nitrogens is 3. The van der Waals surface area contributed by atoms with Gasteiger partial charge in [0.1, 0.15) is 0 Å². The highest BCUT2D eigenvalue weighted by molar-refractivity contribution is 5.85. The minimum absolute atomic E-state index is 0.00170. The smallest absolute Gasteiger partial charge is 0.164 e. The van der Waals surface area contributed by atoms with E-state index < -0.39 is 0 Å². The van der Waals surface area contributed by atoms with Gasteiger partial charge >= 0.3 is 0 Å². The molecule has 4 heteroatoms. The molecule has 1 spiro atoms. The molecule has 8 rings (SSSR count). The summed E-state index contributed by atoms with van der Waals surface area (Å²) in [4.78, 5) is 14.6. The molecule has 1 heterocycles. The Hall–Kier alpha value is -5.40. The van der Waals surface area contributed by atoms with Crippen LogP contribution in [0.1, 0.15) is 48.8 Å². The molecule has 5 aromatic carbocycles. The number of nitrogens with zero attached hydrogens (tertiary/aromatic N) is 4. The van der Waals surface area contributed by atoms with E-state index in [9.17, 15) is 5.26 Å². The molecule has 0 unspecified atom stereocenters. The molecule has 210 valence electrons. The molecule has 0 aliphatic heterocycles. The predicted octanol–water partition coefficient (Wildman–Crippen LogP) is 9.64. The van der Waals surface area contributed by atoms with Crippen molar-refractivity contribution in [2.75, 3.05) is 0 Å². The van der Waals surface area contributed by atoms with Crippen molar-refractivity contribution in [3.05, 3.63) is 138 Å². The lowest BCUT2D eigenvalue weighted by Gasteiger charge is -2.36. The second kappa shape index (κ2) is 10.7. The first-order valence-corrected chi connectivity index (χ1v) is 15.4. The molecule has 1 saturated carbocycles. The van der Waals surface area contributed by atoms with Crippen LogP contribution in [0.4, 0.5) is 0 Å². The van der Waals surface area contributed by atoms with Crippen molar-refractivity contribution in [2.24, 2.45) is 0 Å². The molecule has 44 heavy (non-hydrogen) atoms. The maximum Gasteiger partial charge on any atom is 0.164 e. The zero-order chi connectivity index (χ0) is 29.5. The van der Waals surface area contributed by atoms with Gasteiger partial charge < -0.3 is 0 Å². The van der Waals surface area contributed by atoms with Crippen LogP contribution in [-0.2, 0) is 5.41 Å². The van der Waals surface area contributed by atoms with Crippen LogP contribution in [0, 0.1) is 11.3 Å². The van der Waals surface area contributed by atoms with Crippen LogP contribution < -0.4 is 0 Å². The fraction of sp³-hybridized carbons (Fsp3) is 0.150. The van der Waals surface area contributed by atoms with E-state index in [1.54, 1.807) is 0 Å². The highest BCUT2D eigenvalue weighted by Gasteiger charge is 2.44. The maximum atomic E-state index is 9.65. The van der Waals surface area contributed by atoms with Gasteiger partial charge in [-0.3, -0.25) is 0 Å². The lowest BCUT2D eigenvalue weighted by atomic mass is 9.67. The minimum Gasteiger partial charge on any atom is -0.208 e. The number of hydrogen-bond donors (Lipinski definition) is 0. The number of fused-ring (bicyclic) bond motifs is 5. The summed E-state index contributed by atoms with van der Waals surface area (Å²) in [5.74, 6) is 1.98. The average Bonchev–Trinajstić information content (AvgIpc) is 3.36. The Labute approximate surface area is 257 Å². The summed E-state index contributed by atoms with van der Waals surface area (Å²) in [7, 11) is 0. The summed E-state index contributed by atoms with van der Waals surface area (Å²) < 4.78 is 0. The molecule has 2 aliphatic rings. The van der Waals surface area contributed by atoms with Crippen LogP contribution in [0.25, 0.3) is 56.4 Å². The first-order valence-electron chi connectivity index (χ1n) is 15.4. The lowest BCUT2D eigenvalue weighted by Crippen LogP contribution is -2.28. The van der Waals surface area contributed by atoms with Crippen LogP contribution in [0.5, 0.6) is 0 Å². The molecule has 0 atom stereocenters. The Balaban J connectivity index is 1.18. The summed E-state index contributed by atoms with van der Waals surface area (Å²) >= 11 is 0. The molecule has 2 aliphatic carbocycles. The normalized spacial score (nSPS) is 14.5. The third-order valence-corrected chi connectivity index (χ3v) is 9.37. The quantitative estimate of drug-likeness (QED) is 0.213. The molecule has 1 aromatic heterocycles. The Morgan fingerprint density at radius 2 is 0.955 bits per heavy atom. The third kappa shape index (κ3) is 4.41. The average molecular weight is 567 g/mol. The van der Waals surface area contributed by atoms with Crippen LogP contribution >= 0.6 is 0 Å². The van der Waals surface area contributed by atoms with Gasteiger partial charge in [0.05, 0.1) is 11.6 Å². The zero-order valence-corrected chi connectivity index (χ0v) is 24.4. The highest BCUT2D eigenvalue weighted by atomic mass is 15.0. The zero-order valence-electron chi connectivity index (χ0n) is 24.4. The first-order chi connectivity index (χ1) is 21.7. The van der Waals surface area contributed by atoms with Gasteiger partial charge in [-0.1, -0.05) is 122 Å². The number of benzene rings is 5. The van der Waals surface area contributed by atoms with Gasteiger partial charge in [-0.2, -0.15) is 5.26 Å². The highest BCUT2D eigenvalue weighted by Crippen LogP contribution is 2.56. The predicted molar refractivity (Wildman–Crippen MR) is 176 cm³/mol. The molecule has 4 nitrogen and oxygen atoms in total. The van der Waals surface area contributed by atoms with Crippen LogP contribution in [0.2, 0.25) is 0 Å². The van der Waals surface area contributed by atoms with Crippen LogP contribution in [0.3, 0.4) is 0 Å². The molecule has 0 radical (unpaired) electrons. The Bertz CT molecular complexity index is 1980. The third-order valence-electron chi connectivity index (χ3n) is 9.37. The van der Waals surface area contributed by atoms with Crippen LogP contribution in [0.15, 0.2) is 121 Å². The summed E-state index contributed by atoms with van der Waals surface area (Å²) in [6.45, 7) is 0. The fourth-order valence-corrected chi connectivity index (χ4v) is 7.19. The van der Waals surface area contributed by atoms with Crippen molar-refractivity contribution < 1.29 is 0 Å². The molecular weight excluding hydrogens is 536 g/mol. The van der Waals surface area contributed by atoms with Gasteiger partial charge in [0.25, 0.3) is 0 Å². The van der Waals surface area contributed by atoms with Gasteiger partial charge in [-0.25, -0.2) is 15.0 Å². The molecule has 0 bridgehead atoms. The topological polar surface area (TPSA) is 62.5 Å². The van der Waals surface area contributed by atoms with E-state index in [0.29, 0.717) is 17.5 Å². The van der Waals surface area contributed by atoms with Crippen molar-refractivity contribution >= 4 is 0 Å². The first kappa shape index (κ1) is 26.2. The SMILES string of the molecule is N#Cc1ccc2c(c1)C1(CCCCC1)c1cc(-c3ccc(-c4nc(-c5ccccc5)nc(-c5ccccc5)n4)cc3)ccc1-2. The van der Waals surface area contributed by atoms with Crippen LogP contribution in [-0.4, -0.2) is 15.0 Å². The molecule has 1 fully saturated rings. The Morgan fingerprint density at radius 3 is 1.52 bits per heavy atom. The monoisotopic (exact) mass is 566 g/mol. The standard InChI is InChI=1S/C40H30N4/c41-26-27-14-20-33-34-21-19-32(25-36(34)40(35(33)24-27)22-8-3-9-23-40)28-15-17-31(18-16-28)39-43-37(29-10-4-1-5-11-29)42-38(44-39)30-12-6-2-7-13-30/h1-2,4-7,10-21,24-25H,3,8-9,22-23H2. The van der Waals surface area contributed by atoms with Gasteiger partial charge in [0, 0.05) is 22.1 Å². The second-order valence-corrected chi connectivity index (χ2v) is 11.9. The van der Waals surface area contributed by atoms with Crippen molar-refractivity contribution in [2.45, 2.75) is 37.5 Å². The molecule has 0 N–H and O–H groups in total. The van der Waals surface area contributed by atoms with Gasteiger partial charge in [-0.05, 0) is 64.4 Å². The fourth-order valence-electron chi connectivity index (χ4n) is 7.19. The van der Waals surface area contributed by atoms with Crippen molar-refractivity contribution in [3.8, 4) is 62.5 Å². The van der Waals surface area contributed by atoms with E-state index in [-0.39, 0.29) is 5.41 Å². The van der Waals surface area contributed by atoms with E-state index in [1.807, 2.05) is 66.7 Å². The lowest BCUT2D eigenvalue weighted by molar-refractivity contribution is 0.353. The van der Waals surface area contributed by atoms with E-state index in [0.717, 1.165) is 40.7 Å². The molecular formula is C40H30N4. The largest absolute Gasteiger partial charge is 0.208 e. The van der Waals surface area contributed by atoms with E-state index >= 15 is 0 Å². The van der Waals surface area contributed by atoms with Crippen molar-refractivity contribution in [1.82, 2.24) is 15.0 Å². The summed E-state index contributed by atoms with van der Waals surface area (Å²) in [5, 5.41) is 9.65.